The highest BCUT2D eigenvalue weighted by molar-refractivity contribution is 7.10. The number of likely N-dealkylation sites (N-methyl/N-ethyl adjacent to an activating group) is 1. The van der Waals surface area contributed by atoms with Crippen LogP contribution in [0.15, 0.2) is 11.4 Å². The molecule has 1 rings (SSSR count). The summed E-state index contributed by atoms with van der Waals surface area (Å²) in [6.07, 6.45) is 0. The minimum Gasteiger partial charge on any atom is -0.496 e. The van der Waals surface area contributed by atoms with Crippen molar-refractivity contribution in [3.63, 3.8) is 0 Å². The first-order valence-electron chi connectivity index (χ1n) is 5.32. The Bertz CT molecular complexity index is 275. The Balaban J connectivity index is 2.30. The van der Waals surface area contributed by atoms with E-state index in [4.69, 9.17) is 4.74 Å². The molecular formula is C11H20N2OS. The van der Waals surface area contributed by atoms with Gasteiger partial charge in [-0.05, 0) is 24.9 Å². The Hall–Kier alpha value is -0.580. The predicted molar refractivity (Wildman–Crippen MR) is 65.7 cm³/mol. The molecule has 0 amide bonds. The van der Waals surface area contributed by atoms with E-state index in [1.165, 1.54) is 4.88 Å². The molecule has 1 heterocycles. The van der Waals surface area contributed by atoms with Gasteiger partial charge in [0.15, 0.2) is 0 Å². The third-order valence-corrected chi connectivity index (χ3v) is 3.14. The Morgan fingerprint density at radius 3 is 3.00 bits per heavy atom. The van der Waals surface area contributed by atoms with Crippen LogP contribution in [0.25, 0.3) is 0 Å². The lowest BCUT2D eigenvalue weighted by Gasteiger charge is -2.13. The number of nitrogens with one attached hydrogen (secondary N) is 2. The fraction of sp³-hybridized carbons (Fsp3) is 0.636. The molecule has 4 heteroatoms. The largest absolute Gasteiger partial charge is 0.496 e. The van der Waals surface area contributed by atoms with Crippen LogP contribution in [0, 0.1) is 0 Å². The standard InChI is InChI=1S/C11H20N2OS/c1-4-12-7-9(2)13-8-11-10(14-3)5-6-15-11/h5-6,9,12-13H,4,7-8H2,1-3H3. The lowest BCUT2D eigenvalue weighted by Crippen LogP contribution is -2.35. The van der Waals surface area contributed by atoms with Crippen LogP contribution < -0.4 is 15.4 Å². The first-order chi connectivity index (χ1) is 7.27. The molecule has 0 radical (unpaired) electrons. The normalized spacial score (nSPS) is 12.7. The van der Waals surface area contributed by atoms with Crippen LogP contribution in [0.3, 0.4) is 0 Å². The maximum Gasteiger partial charge on any atom is 0.134 e. The summed E-state index contributed by atoms with van der Waals surface area (Å²) in [6, 6.07) is 2.49. The molecule has 0 spiro atoms. The molecule has 1 aromatic rings. The first kappa shape index (κ1) is 12.5. The van der Waals surface area contributed by atoms with Crippen LogP contribution in [0.4, 0.5) is 0 Å². The summed E-state index contributed by atoms with van der Waals surface area (Å²) in [7, 11) is 1.72. The van der Waals surface area contributed by atoms with Gasteiger partial charge in [0.1, 0.15) is 5.75 Å². The van der Waals surface area contributed by atoms with Crippen molar-refractivity contribution in [1.82, 2.24) is 10.6 Å². The van der Waals surface area contributed by atoms with Crippen molar-refractivity contribution < 1.29 is 4.74 Å². The Labute approximate surface area is 95.8 Å². The highest BCUT2D eigenvalue weighted by Crippen LogP contribution is 2.23. The van der Waals surface area contributed by atoms with E-state index in [-0.39, 0.29) is 0 Å². The second-order valence-electron chi connectivity index (χ2n) is 3.50. The van der Waals surface area contributed by atoms with Crippen molar-refractivity contribution in [1.29, 1.82) is 0 Å². The number of rotatable bonds is 7. The molecule has 3 nitrogen and oxygen atoms in total. The molecule has 0 aromatic carbocycles. The summed E-state index contributed by atoms with van der Waals surface area (Å²) in [5.41, 5.74) is 0. The minimum atomic E-state index is 0.483. The Morgan fingerprint density at radius 1 is 1.53 bits per heavy atom. The summed E-state index contributed by atoms with van der Waals surface area (Å²) in [4.78, 5) is 1.26. The third kappa shape index (κ3) is 4.20. The Kier molecular flexibility index (Phi) is 5.68. The van der Waals surface area contributed by atoms with E-state index >= 15 is 0 Å². The second-order valence-corrected chi connectivity index (χ2v) is 4.50. The number of methoxy groups -OCH3 is 1. The van der Waals surface area contributed by atoms with E-state index in [1.54, 1.807) is 18.4 Å². The van der Waals surface area contributed by atoms with Crippen molar-refractivity contribution in [2.45, 2.75) is 26.4 Å². The van der Waals surface area contributed by atoms with Crippen molar-refractivity contribution >= 4 is 11.3 Å². The molecule has 1 atom stereocenters. The van der Waals surface area contributed by atoms with E-state index < -0.39 is 0 Å². The molecule has 1 aromatic heterocycles. The molecule has 0 bridgehead atoms. The van der Waals surface area contributed by atoms with Crippen molar-refractivity contribution in [2.24, 2.45) is 0 Å². The van der Waals surface area contributed by atoms with Crippen LogP contribution in [-0.4, -0.2) is 26.2 Å². The Morgan fingerprint density at radius 2 is 2.33 bits per heavy atom. The van der Waals surface area contributed by atoms with Gasteiger partial charge in [-0.15, -0.1) is 11.3 Å². The van der Waals surface area contributed by atoms with E-state index in [0.717, 1.165) is 25.4 Å². The van der Waals surface area contributed by atoms with Crippen LogP contribution in [-0.2, 0) is 6.54 Å². The number of thiophene rings is 1. The van der Waals surface area contributed by atoms with Gasteiger partial charge in [-0.25, -0.2) is 0 Å². The lowest BCUT2D eigenvalue weighted by molar-refractivity contribution is 0.408. The maximum atomic E-state index is 5.25. The molecule has 0 aliphatic heterocycles. The summed E-state index contributed by atoms with van der Waals surface area (Å²) in [5, 5.41) is 8.84. The predicted octanol–water partition coefficient (Wildman–Crippen LogP) is 1.84. The summed E-state index contributed by atoms with van der Waals surface area (Å²) in [5.74, 6) is 0.989. The van der Waals surface area contributed by atoms with Crippen LogP contribution in [0.1, 0.15) is 18.7 Å². The van der Waals surface area contributed by atoms with Gasteiger partial charge in [0.25, 0.3) is 0 Å². The van der Waals surface area contributed by atoms with Gasteiger partial charge in [-0.1, -0.05) is 6.92 Å². The highest BCUT2D eigenvalue weighted by Gasteiger charge is 2.06. The monoisotopic (exact) mass is 228 g/mol. The maximum absolute atomic E-state index is 5.25. The quantitative estimate of drug-likeness (QED) is 0.747. The van der Waals surface area contributed by atoms with Gasteiger partial charge in [-0.2, -0.15) is 0 Å². The molecule has 1 unspecified atom stereocenters. The molecule has 0 saturated carbocycles. The van der Waals surface area contributed by atoms with Crippen LogP contribution in [0.2, 0.25) is 0 Å². The van der Waals surface area contributed by atoms with Crippen LogP contribution >= 0.6 is 11.3 Å². The van der Waals surface area contributed by atoms with Crippen molar-refractivity contribution in [2.75, 3.05) is 20.2 Å². The molecule has 0 aliphatic rings. The van der Waals surface area contributed by atoms with E-state index in [9.17, 15) is 0 Å². The number of ether oxygens (including phenoxy) is 1. The van der Waals surface area contributed by atoms with Gasteiger partial charge in [0, 0.05) is 19.1 Å². The summed E-state index contributed by atoms with van der Waals surface area (Å²) >= 11 is 1.73. The van der Waals surface area contributed by atoms with E-state index in [2.05, 4.69) is 29.9 Å². The second kappa shape index (κ2) is 6.82. The van der Waals surface area contributed by atoms with Gasteiger partial charge in [0.2, 0.25) is 0 Å². The minimum absolute atomic E-state index is 0.483. The van der Waals surface area contributed by atoms with E-state index in [1.807, 2.05) is 6.07 Å². The zero-order chi connectivity index (χ0) is 11.1. The van der Waals surface area contributed by atoms with Crippen molar-refractivity contribution in [3.8, 4) is 5.75 Å². The zero-order valence-electron chi connectivity index (χ0n) is 9.67. The smallest absolute Gasteiger partial charge is 0.134 e. The average Bonchev–Trinajstić information content (AvgIpc) is 2.70. The summed E-state index contributed by atoms with van der Waals surface area (Å²) in [6.45, 7) is 7.21. The fourth-order valence-electron chi connectivity index (χ4n) is 1.34. The number of hydrogen-bond acceptors (Lipinski definition) is 4. The number of hydrogen-bond donors (Lipinski definition) is 2. The molecule has 2 N–H and O–H groups in total. The molecule has 0 aliphatic carbocycles. The molecular weight excluding hydrogens is 208 g/mol. The zero-order valence-corrected chi connectivity index (χ0v) is 10.5. The van der Waals surface area contributed by atoms with E-state index in [0.29, 0.717) is 6.04 Å². The van der Waals surface area contributed by atoms with Gasteiger partial charge >= 0.3 is 0 Å². The fourth-order valence-corrected chi connectivity index (χ4v) is 2.13. The first-order valence-corrected chi connectivity index (χ1v) is 6.20. The molecule has 15 heavy (non-hydrogen) atoms. The topological polar surface area (TPSA) is 33.3 Å². The van der Waals surface area contributed by atoms with Gasteiger partial charge in [-0.3, -0.25) is 0 Å². The average molecular weight is 228 g/mol. The lowest BCUT2D eigenvalue weighted by atomic mass is 10.3. The van der Waals surface area contributed by atoms with Gasteiger partial charge in [0.05, 0.1) is 12.0 Å². The van der Waals surface area contributed by atoms with Gasteiger partial charge < -0.3 is 15.4 Å². The third-order valence-electron chi connectivity index (χ3n) is 2.24. The molecule has 86 valence electrons. The molecule has 0 saturated heterocycles. The van der Waals surface area contributed by atoms with Crippen LogP contribution in [0.5, 0.6) is 5.75 Å². The molecule has 0 fully saturated rings. The highest BCUT2D eigenvalue weighted by atomic mass is 32.1. The van der Waals surface area contributed by atoms with Crippen molar-refractivity contribution in [3.05, 3.63) is 16.3 Å². The summed E-state index contributed by atoms with van der Waals surface area (Å²) < 4.78 is 5.25. The SMILES string of the molecule is CCNCC(C)NCc1sccc1OC.